The topological polar surface area (TPSA) is 149 Å². The van der Waals surface area contributed by atoms with Crippen LogP contribution in [-0.2, 0) is 20.8 Å². The minimum Gasteiger partial charge on any atom is -0.343 e. The Morgan fingerprint density at radius 2 is 0.840 bits per heavy atom. The van der Waals surface area contributed by atoms with Crippen molar-refractivity contribution < 1.29 is 94.2 Å². The average molecular weight is 426 g/mol. The Labute approximate surface area is 199 Å². The van der Waals surface area contributed by atoms with Crippen LogP contribution in [0.15, 0.2) is 0 Å². The molecule has 13 heteroatoms. The van der Waals surface area contributed by atoms with Crippen LogP contribution in [0.3, 0.4) is 0 Å². The summed E-state index contributed by atoms with van der Waals surface area (Å²) in [7, 11) is -9.33. The van der Waals surface area contributed by atoms with E-state index in [4.69, 9.17) is 35.0 Å². The van der Waals surface area contributed by atoms with Crippen molar-refractivity contribution in [3.05, 3.63) is 6.92 Å². The molecule has 0 heterocycles. The van der Waals surface area contributed by atoms with E-state index in [0.29, 0.717) is 0 Å². The molecule has 0 fully saturated rings. The van der Waals surface area contributed by atoms with Gasteiger partial charge in [-0.2, -0.15) is 23.3 Å². The van der Waals surface area contributed by atoms with Gasteiger partial charge in [0.15, 0.2) is 0 Å². The van der Waals surface area contributed by atoms with Crippen molar-refractivity contribution in [1.29, 1.82) is 0 Å². The Balaban J connectivity index is -0.0000000592. The van der Waals surface area contributed by atoms with Crippen LogP contribution in [0.2, 0.25) is 0 Å². The summed E-state index contributed by atoms with van der Waals surface area (Å²) in [6.45, 7) is 6.12. The quantitative estimate of drug-likeness (QED) is 0.126. The van der Waals surface area contributed by atoms with Gasteiger partial charge in [0.25, 0.3) is 0 Å². The summed E-state index contributed by atoms with van der Waals surface area (Å²) in [5.74, 6) is 0. The van der Waals surface area contributed by atoms with Gasteiger partial charge in [-0.1, -0.05) is 73.1 Å². The second kappa shape index (κ2) is 28.0. The molecule has 0 aromatic rings. The molecule has 0 atom stereocenters. The molecule has 0 rings (SSSR count). The first-order valence-electron chi connectivity index (χ1n) is 7.10. The summed E-state index contributed by atoms with van der Waals surface area (Å²) in [6, 6.07) is 0. The maximum absolute atomic E-state index is 8.74. The van der Waals surface area contributed by atoms with Crippen LogP contribution in [0.5, 0.6) is 0 Å². The van der Waals surface area contributed by atoms with Gasteiger partial charge in [-0.05, 0) is 0 Å². The molecule has 0 aliphatic carbocycles. The van der Waals surface area contributed by atoms with Crippen LogP contribution in [0, 0.1) is 6.92 Å². The third-order valence-corrected chi connectivity index (χ3v) is 2.35. The number of hydrogen-bond acceptors (Lipinski definition) is 4. The summed E-state index contributed by atoms with van der Waals surface area (Å²) in [5, 5.41) is 0. The van der Waals surface area contributed by atoms with E-state index in [1.165, 1.54) is 57.8 Å². The van der Waals surface area contributed by atoms with Crippen LogP contribution < -0.4 is 59.1 Å². The standard InChI is InChI=1S/C12H25.BH4.2Na.2H2O4S/c1-3-5-7-9-11-12-10-8-6-4-2;;;;2*1-5(2,3)4/h1,3-12H2,2H3;1H4;;;2*(H2,1,2,3,4)/q2*-1;2*+1;;. The van der Waals surface area contributed by atoms with Gasteiger partial charge in [0.1, 0.15) is 0 Å². The third-order valence-electron chi connectivity index (χ3n) is 2.35. The molecule has 0 aliphatic rings. The van der Waals surface area contributed by atoms with E-state index in [0.717, 1.165) is 6.42 Å². The summed E-state index contributed by atoms with van der Waals surface area (Å²) in [6.07, 6.45) is 13.9. The maximum Gasteiger partial charge on any atom is 1.00 e. The zero-order valence-electron chi connectivity index (χ0n) is 15.0. The van der Waals surface area contributed by atoms with E-state index in [1.54, 1.807) is 0 Å². The second-order valence-corrected chi connectivity index (χ2v) is 6.37. The van der Waals surface area contributed by atoms with Crippen LogP contribution in [0.4, 0.5) is 0 Å². The van der Waals surface area contributed by atoms with Crippen LogP contribution in [0.25, 0.3) is 0 Å². The van der Waals surface area contributed by atoms with Crippen molar-refractivity contribution in [2.24, 2.45) is 0 Å². The average Bonchev–Trinajstić information content (AvgIpc) is 2.28. The fraction of sp³-hybridized carbons (Fsp3) is 0.917. The largest absolute Gasteiger partial charge is 1.00 e. The van der Waals surface area contributed by atoms with Crippen molar-refractivity contribution in [2.45, 2.75) is 71.1 Å². The van der Waals surface area contributed by atoms with E-state index < -0.39 is 20.8 Å². The molecule has 0 aliphatic heterocycles. The molecule has 0 saturated carbocycles. The monoisotopic (exact) mass is 426 g/mol. The molecule has 25 heavy (non-hydrogen) atoms. The van der Waals surface area contributed by atoms with Gasteiger partial charge in [0.2, 0.25) is 0 Å². The van der Waals surface area contributed by atoms with Crippen LogP contribution >= 0.6 is 0 Å². The molecule has 0 aromatic heterocycles. The third kappa shape index (κ3) is 125. The predicted molar refractivity (Wildman–Crippen MR) is 96.9 cm³/mol. The van der Waals surface area contributed by atoms with Crippen LogP contribution in [-0.4, -0.2) is 43.5 Å². The summed E-state index contributed by atoms with van der Waals surface area (Å²) in [4.78, 5) is 0. The predicted octanol–water partition coefficient (Wildman–Crippen LogP) is -4.01. The molecule has 0 amide bonds. The second-order valence-electron chi connectivity index (χ2n) is 4.58. The number of hydrogen-bond donors (Lipinski definition) is 4. The zero-order chi connectivity index (χ0) is 18.1. The Morgan fingerprint density at radius 1 is 0.640 bits per heavy atom. The van der Waals surface area contributed by atoms with Crippen molar-refractivity contribution in [1.82, 2.24) is 0 Å². The molecule has 0 aromatic carbocycles. The van der Waals surface area contributed by atoms with Gasteiger partial charge in [0, 0.05) is 0 Å². The van der Waals surface area contributed by atoms with E-state index in [1.807, 2.05) is 0 Å². The minimum absolute atomic E-state index is 0. The van der Waals surface area contributed by atoms with Crippen molar-refractivity contribution >= 4 is 29.2 Å². The van der Waals surface area contributed by atoms with Gasteiger partial charge < -0.3 is 6.92 Å². The fourth-order valence-electron chi connectivity index (χ4n) is 1.49. The van der Waals surface area contributed by atoms with E-state index in [2.05, 4.69) is 13.8 Å². The van der Waals surface area contributed by atoms with Gasteiger partial charge in [-0.25, -0.2) is 0 Å². The summed E-state index contributed by atoms with van der Waals surface area (Å²) in [5.41, 5.74) is 0. The molecule has 8 nitrogen and oxygen atoms in total. The number of rotatable bonds is 9. The zero-order valence-corrected chi connectivity index (χ0v) is 20.6. The summed E-state index contributed by atoms with van der Waals surface area (Å²) < 4.78 is 63.2. The first kappa shape index (κ1) is 41.2. The Kier molecular flexibility index (Phi) is 46.2. The normalized spacial score (nSPS) is 9.68. The molecule has 0 bridgehead atoms. The first-order valence-corrected chi connectivity index (χ1v) is 9.90. The van der Waals surface area contributed by atoms with E-state index in [9.17, 15) is 0 Å². The minimum atomic E-state index is -4.67. The Bertz CT molecular complexity index is 363. The fourth-order valence-corrected chi connectivity index (χ4v) is 1.49. The molecule has 4 N–H and O–H groups in total. The van der Waals surface area contributed by atoms with Gasteiger partial charge in [-0.3, -0.25) is 18.2 Å². The molecule has 0 unspecified atom stereocenters. The van der Waals surface area contributed by atoms with Gasteiger partial charge in [-0.15, -0.1) is 0 Å². The molecular weight excluding hydrogens is 393 g/mol. The molecule has 146 valence electrons. The SMILES string of the molecule is O=S(=O)(O)O.O=S(=O)(O)O.[BH4-].[CH2-]CCCCCCCCCCC.[Na+].[Na+]. The van der Waals surface area contributed by atoms with E-state index >= 15 is 0 Å². The summed E-state index contributed by atoms with van der Waals surface area (Å²) >= 11 is 0. The Hall–Kier alpha value is 1.80. The first-order chi connectivity index (χ1) is 9.91. The molecule has 0 saturated heterocycles. The van der Waals surface area contributed by atoms with Crippen molar-refractivity contribution in [2.75, 3.05) is 0 Å². The maximum atomic E-state index is 8.74. The van der Waals surface area contributed by atoms with Gasteiger partial charge in [0.05, 0.1) is 0 Å². The van der Waals surface area contributed by atoms with Crippen molar-refractivity contribution in [3.8, 4) is 0 Å². The number of unbranched alkanes of at least 4 members (excludes halogenated alkanes) is 9. The molecule has 0 radical (unpaired) electrons. The molecular formula is C12H33BNa2O8S2. The molecule has 0 spiro atoms. The smallest absolute Gasteiger partial charge is 0.343 e. The van der Waals surface area contributed by atoms with E-state index in [-0.39, 0.29) is 67.5 Å². The van der Waals surface area contributed by atoms with Crippen LogP contribution in [0.1, 0.15) is 71.1 Å². The Morgan fingerprint density at radius 3 is 1.04 bits per heavy atom. The van der Waals surface area contributed by atoms with Gasteiger partial charge >= 0.3 is 79.9 Å². The van der Waals surface area contributed by atoms with Crippen molar-refractivity contribution in [3.63, 3.8) is 0 Å².